The number of nitrogens with zero attached hydrogens (tertiary/aromatic N) is 4. The molecule has 2 aromatic heterocycles. The van der Waals surface area contributed by atoms with Crippen molar-refractivity contribution in [3.8, 4) is 34.3 Å². The van der Waals surface area contributed by atoms with Gasteiger partial charge in [-0.15, -0.1) is 0 Å². The normalized spacial score (nSPS) is 10.5. The standard InChI is InChI=1S/C22H16N4O3/c1-28-20-9-16(7-8-17(20)22(27)29-2)18-13-26-19(11-25-21(26)12-24-18)15-5-3-14(10-23)4-6-15/h3-9,11-13H,1-2H3. The minimum absolute atomic E-state index is 0.348. The molecular formula is C22H16N4O3. The maximum atomic E-state index is 11.9. The Morgan fingerprint density at radius 1 is 1.03 bits per heavy atom. The SMILES string of the molecule is COC(=O)c1ccc(-c2cn3c(-c4ccc(C#N)cc4)cnc3cn2)cc1OC. The van der Waals surface area contributed by atoms with Gasteiger partial charge in [-0.1, -0.05) is 18.2 Å². The molecule has 0 radical (unpaired) electrons. The van der Waals surface area contributed by atoms with E-state index in [1.54, 1.807) is 42.7 Å². The summed E-state index contributed by atoms with van der Waals surface area (Å²) in [7, 11) is 2.83. The third-order valence-corrected chi connectivity index (χ3v) is 4.61. The zero-order valence-corrected chi connectivity index (χ0v) is 15.8. The zero-order chi connectivity index (χ0) is 20.4. The van der Waals surface area contributed by atoms with E-state index in [1.807, 2.05) is 22.7 Å². The average molecular weight is 384 g/mol. The van der Waals surface area contributed by atoms with Gasteiger partial charge in [-0.2, -0.15) is 5.26 Å². The number of esters is 1. The summed E-state index contributed by atoms with van der Waals surface area (Å²) in [6.45, 7) is 0. The lowest BCUT2D eigenvalue weighted by Crippen LogP contribution is -2.04. The predicted octanol–water partition coefficient (Wildman–Crippen LogP) is 3.73. The number of hydrogen-bond donors (Lipinski definition) is 0. The van der Waals surface area contributed by atoms with Crippen molar-refractivity contribution >= 4 is 11.6 Å². The summed E-state index contributed by atoms with van der Waals surface area (Å²) in [4.78, 5) is 20.8. The minimum Gasteiger partial charge on any atom is -0.496 e. The van der Waals surface area contributed by atoms with Gasteiger partial charge >= 0.3 is 5.97 Å². The molecule has 4 aromatic rings. The molecule has 0 N–H and O–H groups in total. The summed E-state index contributed by atoms with van der Waals surface area (Å²) in [5, 5.41) is 8.99. The number of carbonyl (C=O) groups excluding carboxylic acids is 1. The van der Waals surface area contributed by atoms with E-state index in [-0.39, 0.29) is 0 Å². The summed E-state index contributed by atoms with van der Waals surface area (Å²) in [6, 6.07) is 14.6. The summed E-state index contributed by atoms with van der Waals surface area (Å²) in [6.07, 6.45) is 5.33. The highest BCUT2D eigenvalue weighted by molar-refractivity contribution is 5.93. The van der Waals surface area contributed by atoms with Crippen molar-refractivity contribution in [3.63, 3.8) is 0 Å². The Morgan fingerprint density at radius 2 is 1.79 bits per heavy atom. The molecule has 0 aliphatic rings. The van der Waals surface area contributed by atoms with Crippen molar-refractivity contribution in [2.24, 2.45) is 0 Å². The molecule has 0 aliphatic carbocycles. The lowest BCUT2D eigenvalue weighted by atomic mass is 10.1. The topological polar surface area (TPSA) is 89.5 Å². The van der Waals surface area contributed by atoms with Crippen LogP contribution in [0.2, 0.25) is 0 Å². The number of carbonyl (C=O) groups is 1. The molecule has 0 spiro atoms. The molecule has 0 aliphatic heterocycles. The maximum Gasteiger partial charge on any atom is 0.341 e. The van der Waals surface area contributed by atoms with Crippen LogP contribution in [0.5, 0.6) is 5.75 Å². The molecule has 142 valence electrons. The van der Waals surface area contributed by atoms with Crippen molar-refractivity contribution in [2.45, 2.75) is 0 Å². The van der Waals surface area contributed by atoms with Gasteiger partial charge in [-0.25, -0.2) is 9.78 Å². The Bertz CT molecular complexity index is 1250. The smallest absolute Gasteiger partial charge is 0.341 e. The van der Waals surface area contributed by atoms with Crippen LogP contribution in [-0.2, 0) is 4.74 Å². The van der Waals surface area contributed by atoms with Crippen LogP contribution in [0, 0.1) is 11.3 Å². The van der Waals surface area contributed by atoms with Crippen LogP contribution in [0.15, 0.2) is 61.1 Å². The van der Waals surface area contributed by atoms with E-state index in [2.05, 4.69) is 16.0 Å². The van der Waals surface area contributed by atoms with Crippen molar-refractivity contribution in [2.75, 3.05) is 14.2 Å². The van der Waals surface area contributed by atoms with E-state index < -0.39 is 5.97 Å². The van der Waals surface area contributed by atoms with Crippen molar-refractivity contribution in [1.82, 2.24) is 14.4 Å². The van der Waals surface area contributed by atoms with Crippen LogP contribution in [0.3, 0.4) is 0 Å². The fourth-order valence-electron chi connectivity index (χ4n) is 3.10. The molecule has 0 atom stereocenters. The fourth-order valence-corrected chi connectivity index (χ4v) is 3.10. The first-order valence-electron chi connectivity index (χ1n) is 8.75. The lowest BCUT2D eigenvalue weighted by Gasteiger charge is -2.10. The number of methoxy groups -OCH3 is 2. The van der Waals surface area contributed by atoms with Crippen LogP contribution in [0.25, 0.3) is 28.2 Å². The van der Waals surface area contributed by atoms with Gasteiger partial charge in [0.15, 0.2) is 5.65 Å². The molecule has 2 aromatic carbocycles. The monoisotopic (exact) mass is 384 g/mol. The van der Waals surface area contributed by atoms with Gasteiger partial charge in [0, 0.05) is 17.3 Å². The van der Waals surface area contributed by atoms with Crippen molar-refractivity contribution in [3.05, 3.63) is 72.2 Å². The molecule has 0 bridgehead atoms. The van der Waals surface area contributed by atoms with Crippen LogP contribution in [0.1, 0.15) is 15.9 Å². The zero-order valence-electron chi connectivity index (χ0n) is 15.8. The Labute approximate surface area is 166 Å². The van der Waals surface area contributed by atoms with E-state index in [0.29, 0.717) is 28.2 Å². The van der Waals surface area contributed by atoms with Gasteiger partial charge in [0.2, 0.25) is 0 Å². The van der Waals surface area contributed by atoms with E-state index >= 15 is 0 Å². The maximum absolute atomic E-state index is 11.9. The largest absolute Gasteiger partial charge is 0.496 e. The molecule has 0 saturated carbocycles. The quantitative estimate of drug-likeness (QED) is 0.498. The second-order valence-electron chi connectivity index (χ2n) is 6.24. The second-order valence-corrected chi connectivity index (χ2v) is 6.24. The van der Waals surface area contributed by atoms with Crippen molar-refractivity contribution < 1.29 is 14.3 Å². The number of imidazole rings is 1. The molecule has 0 unspecified atom stereocenters. The highest BCUT2D eigenvalue weighted by atomic mass is 16.5. The van der Waals surface area contributed by atoms with E-state index in [0.717, 1.165) is 16.8 Å². The highest BCUT2D eigenvalue weighted by Gasteiger charge is 2.15. The summed E-state index contributed by atoms with van der Waals surface area (Å²) in [5.41, 5.74) is 4.95. The predicted molar refractivity (Wildman–Crippen MR) is 106 cm³/mol. The van der Waals surface area contributed by atoms with Gasteiger partial charge in [0.25, 0.3) is 0 Å². The first-order valence-corrected chi connectivity index (χ1v) is 8.75. The Morgan fingerprint density at radius 3 is 2.48 bits per heavy atom. The number of nitriles is 1. The lowest BCUT2D eigenvalue weighted by molar-refractivity contribution is 0.0597. The van der Waals surface area contributed by atoms with Crippen LogP contribution in [-0.4, -0.2) is 34.6 Å². The molecule has 2 heterocycles. The average Bonchev–Trinajstić information content (AvgIpc) is 3.21. The van der Waals surface area contributed by atoms with Gasteiger partial charge in [0.1, 0.15) is 11.3 Å². The molecular weight excluding hydrogens is 368 g/mol. The van der Waals surface area contributed by atoms with Gasteiger partial charge in [-0.3, -0.25) is 9.38 Å². The van der Waals surface area contributed by atoms with Gasteiger partial charge in [-0.05, 0) is 24.3 Å². The third-order valence-electron chi connectivity index (χ3n) is 4.61. The highest BCUT2D eigenvalue weighted by Crippen LogP contribution is 2.28. The Kier molecular flexibility index (Phi) is 4.67. The fraction of sp³-hybridized carbons (Fsp3) is 0.0909. The number of benzene rings is 2. The van der Waals surface area contributed by atoms with E-state index in [1.165, 1.54) is 14.2 Å². The molecule has 7 heteroatoms. The minimum atomic E-state index is -0.463. The third kappa shape index (κ3) is 3.28. The number of fused-ring (bicyclic) bond motifs is 1. The summed E-state index contributed by atoms with van der Waals surface area (Å²) < 4.78 is 12.1. The number of ether oxygens (including phenoxy) is 2. The second kappa shape index (κ2) is 7.44. The first kappa shape index (κ1) is 18.2. The van der Waals surface area contributed by atoms with Crippen LogP contribution < -0.4 is 4.74 Å². The Balaban J connectivity index is 1.79. The van der Waals surface area contributed by atoms with Gasteiger partial charge in [0.05, 0.1) is 49.6 Å². The van der Waals surface area contributed by atoms with Gasteiger partial charge < -0.3 is 9.47 Å². The van der Waals surface area contributed by atoms with E-state index in [9.17, 15) is 4.79 Å². The van der Waals surface area contributed by atoms with Crippen molar-refractivity contribution in [1.29, 1.82) is 5.26 Å². The van der Waals surface area contributed by atoms with Crippen LogP contribution in [0.4, 0.5) is 0 Å². The van der Waals surface area contributed by atoms with E-state index in [4.69, 9.17) is 14.7 Å². The molecule has 0 amide bonds. The van der Waals surface area contributed by atoms with Crippen LogP contribution >= 0.6 is 0 Å². The molecule has 0 saturated heterocycles. The molecule has 29 heavy (non-hydrogen) atoms. The summed E-state index contributed by atoms with van der Waals surface area (Å²) >= 11 is 0. The summed E-state index contributed by atoms with van der Waals surface area (Å²) in [5.74, 6) is -0.0521. The number of rotatable bonds is 4. The number of aromatic nitrogens is 3. The number of hydrogen-bond acceptors (Lipinski definition) is 6. The first-order chi connectivity index (χ1) is 14.1. The molecule has 0 fully saturated rings. The Hall–Kier alpha value is -4.18. The molecule has 4 rings (SSSR count). The molecule has 7 nitrogen and oxygen atoms in total.